The lowest BCUT2D eigenvalue weighted by molar-refractivity contribution is -0.147. The molecule has 0 rings (SSSR count). The summed E-state index contributed by atoms with van der Waals surface area (Å²) in [5.41, 5.74) is 0. The van der Waals surface area contributed by atoms with E-state index in [0.29, 0.717) is 19.3 Å². The molecule has 0 aromatic rings. The molecule has 0 heterocycles. The summed E-state index contributed by atoms with van der Waals surface area (Å²) < 4.78 is 26.8. The average Bonchev–Trinajstić information content (AvgIpc) is 3.25. The van der Waals surface area contributed by atoms with Gasteiger partial charge in [-0.05, 0) is 83.5 Å². The van der Waals surface area contributed by atoms with Gasteiger partial charge in [0, 0.05) is 12.8 Å². The number of hydrogen-bond acceptors (Lipinski definition) is 8. The zero-order valence-corrected chi connectivity index (χ0v) is 39.5. The molecule has 0 spiro atoms. The number of aliphatic carboxylic acids is 1. The molecule has 0 radical (unpaired) electrons. The first kappa shape index (κ1) is 58.9. The number of ether oxygens (including phenoxy) is 1. The van der Waals surface area contributed by atoms with Crippen LogP contribution in [0.1, 0.15) is 194 Å². The molecule has 3 atom stereocenters. The maximum atomic E-state index is 12.4. The van der Waals surface area contributed by atoms with Gasteiger partial charge in [-0.1, -0.05) is 170 Å². The Hall–Kier alpha value is -3.08. The molecule has 0 saturated carbocycles. The summed E-state index contributed by atoms with van der Waals surface area (Å²) in [6, 6.07) is -1.56. The second-order valence-corrected chi connectivity index (χ2v) is 17.4. The molecule has 0 fully saturated rings. The number of esters is 1. The SMILES string of the molecule is CCCCC/C=C\C/C=C\C/C=C\C/C=C\CCCC(=O)OCC(O)COP(=O)(O)OCC(NC(=O)CCCCCCCCCCCCC/C=C\C/C=C\CCCCC)C(=O)O. The topological polar surface area (TPSA) is 169 Å². The van der Waals surface area contributed by atoms with E-state index in [4.69, 9.17) is 13.8 Å². The molecule has 62 heavy (non-hydrogen) atoms. The minimum Gasteiger partial charge on any atom is -0.480 e. The first-order chi connectivity index (χ1) is 30.1. The van der Waals surface area contributed by atoms with Crippen LogP contribution >= 0.6 is 7.82 Å². The molecule has 12 heteroatoms. The van der Waals surface area contributed by atoms with Gasteiger partial charge in [-0.3, -0.25) is 18.6 Å². The zero-order valence-electron chi connectivity index (χ0n) is 38.6. The first-order valence-electron chi connectivity index (χ1n) is 24.0. The van der Waals surface area contributed by atoms with Crippen LogP contribution < -0.4 is 5.32 Å². The van der Waals surface area contributed by atoms with Crippen molar-refractivity contribution in [3.63, 3.8) is 0 Å². The molecule has 4 N–H and O–H groups in total. The smallest absolute Gasteiger partial charge is 0.472 e. The van der Waals surface area contributed by atoms with E-state index in [0.717, 1.165) is 57.8 Å². The molecule has 0 saturated heterocycles. The Balaban J connectivity index is 3.93. The summed E-state index contributed by atoms with van der Waals surface area (Å²) in [5.74, 6) is -2.44. The van der Waals surface area contributed by atoms with Gasteiger partial charge in [0.15, 0.2) is 6.04 Å². The van der Waals surface area contributed by atoms with Gasteiger partial charge in [0.2, 0.25) is 5.91 Å². The van der Waals surface area contributed by atoms with Gasteiger partial charge in [-0.2, -0.15) is 0 Å². The maximum absolute atomic E-state index is 12.4. The standard InChI is InChI=1S/C50H86NO10P/c1-3-5-7-9-11-13-15-17-19-21-22-23-24-26-27-29-31-33-35-37-39-41-48(53)51-47(50(55)56)45-61-62(57,58)60-44-46(52)43-59-49(54)42-40-38-36-34-32-30-28-25-20-18-16-14-12-10-8-6-4-2/h11-14,17-20,28,30,34,36,46-47,52H,3-10,15-16,21-27,29,31-33,35,37-45H2,1-2H3,(H,51,53)(H,55,56)(H,57,58)/b13-11-,14-12-,19-17-,20-18-,30-28-,36-34-. The van der Waals surface area contributed by atoms with E-state index >= 15 is 0 Å². The predicted octanol–water partition coefficient (Wildman–Crippen LogP) is 12.9. The van der Waals surface area contributed by atoms with Crippen LogP contribution in [0.4, 0.5) is 0 Å². The highest BCUT2D eigenvalue weighted by atomic mass is 31.2. The summed E-state index contributed by atoms with van der Waals surface area (Å²) >= 11 is 0. The highest BCUT2D eigenvalue weighted by Gasteiger charge is 2.28. The Kier molecular flexibility index (Phi) is 42.3. The molecular formula is C50H86NO10P. The van der Waals surface area contributed by atoms with Crippen LogP contribution in [0, 0.1) is 0 Å². The molecule has 356 valence electrons. The van der Waals surface area contributed by atoms with Crippen LogP contribution in [-0.4, -0.2) is 64.9 Å². The highest BCUT2D eigenvalue weighted by Crippen LogP contribution is 2.43. The molecule has 0 aromatic heterocycles. The Labute approximate surface area is 376 Å². The van der Waals surface area contributed by atoms with Crippen LogP contribution in [0.2, 0.25) is 0 Å². The minimum atomic E-state index is -4.78. The predicted molar refractivity (Wildman–Crippen MR) is 254 cm³/mol. The Bertz CT molecular complexity index is 1320. The third-order valence-corrected chi connectivity index (χ3v) is 10.9. The van der Waals surface area contributed by atoms with Crippen LogP contribution in [0.15, 0.2) is 72.9 Å². The molecular weight excluding hydrogens is 806 g/mol. The lowest BCUT2D eigenvalue weighted by Gasteiger charge is -2.18. The third-order valence-electron chi connectivity index (χ3n) is 9.97. The fourth-order valence-electron chi connectivity index (χ4n) is 6.22. The van der Waals surface area contributed by atoms with Gasteiger partial charge in [-0.15, -0.1) is 0 Å². The number of nitrogens with one attached hydrogen (secondary N) is 1. The fourth-order valence-corrected chi connectivity index (χ4v) is 6.99. The van der Waals surface area contributed by atoms with Crippen molar-refractivity contribution >= 4 is 25.7 Å². The number of carboxylic acid groups (broad SMARTS) is 1. The molecule has 0 aromatic carbocycles. The first-order valence-corrected chi connectivity index (χ1v) is 25.5. The van der Waals surface area contributed by atoms with Crippen molar-refractivity contribution in [2.75, 3.05) is 19.8 Å². The van der Waals surface area contributed by atoms with Gasteiger partial charge in [0.05, 0.1) is 13.2 Å². The Morgan fingerprint density at radius 3 is 1.35 bits per heavy atom. The van der Waals surface area contributed by atoms with Gasteiger partial charge >= 0.3 is 19.8 Å². The maximum Gasteiger partial charge on any atom is 0.472 e. The van der Waals surface area contributed by atoms with Crippen LogP contribution in [-0.2, 0) is 32.7 Å². The van der Waals surface area contributed by atoms with Crippen LogP contribution in [0.25, 0.3) is 0 Å². The number of aliphatic hydroxyl groups excluding tert-OH is 1. The second kappa shape index (κ2) is 44.5. The second-order valence-electron chi connectivity index (χ2n) is 15.9. The monoisotopic (exact) mass is 892 g/mol. The van der Waals surface area contributed by atoms with E-state index in [1.807, 2.05) is 12.2 Å². The van der Waals surface area contributed by atoms with Crippen molar-refractivity contribution in [3.8, 4) is 0 Å². The molecule has 1 amide bonds. The van der Waals surface area contributed by atoms with E-state index in [1.54, 1.807) is 0 Å². The van der Waals surface area contributed by atoms with Crippen molar-refractivity contribution in [3.05, 3.63) is 72.9 Å². The number of phosphoric acid groups is 1. The van der Waals surface area contributed by atoms with Crippen molar-refractivity contribution < 1.29 is 47.8 Å². The van der Waals surface area contributed by atoms with Gasteiger partial charge in [-0.25, -0.2) is 9.36 Å². The number of amides is 1. The fraction of sp³-hybridized carbons (Fsp3) is 0.700. The van der Waals surface area contributed by atoms with E-state index < -0.39 is 57.6 Å². The largest absolute Gasteiger partial charge is 0.480 e. The van der Waals surface area contributed by atoms with Crippen molar-refractivity contribution in [1.29, 1.82) is 0 Å². The number of carboxylic acids is 1. The van der Waals surface area contributed by atoms with Gasteiger partial charge in [0.1, 0.15) is 12.7 Å². The highest BCUT2D eigenvalue weighted by molar-refractivity contribution is 7.47. The summed E-state index contributed by atoms with van der Waals surface area (Å²) in [7, 11) is -4.78. The Morgan fingerprint density at radius 1 is 0.516 bits per heavy atom. The number of allylic oxidation sites excluding steroid dienone is 12. The summed E-state index contributed by atoms with van der Waals surface area (Å²) in [4.78, 5) is 46.0. The third kappa shape index (κ3) is 43.6. The van der Waals surface area contributed by atoms with Crippen molar-refractivity contribution in [2.45, 2.75) is 206 Å². The van der Waals surface area contributed by atoms with E-state index in [9.17, 15) is 34.1 Å². The molecule has 0 aliphatic carbocycles. The van der Waals surface area contributed by atoms with Crippen molar-refractivity contribution in [2.24, 2.45) is 0 Å². The lowest BCUT2D eigenvalue weighted by atomic mass is 10.0. The summed E-state index contributed by atoms with van der Waals surface area (Å²) in [6.07, 6.45) is 53.5. The molecule has 0 bridgehead atoms. The lowest BCUT2D eigenvalue weighted by Crippen LogP contribution is -2.43. The Morgan fingerprint density at radius 2 is 0.903 bits per heavy atom. The normalized spacial score (nSPS) is 14.3. The van der Waals surface area contributed by atoms with Crippen LogP contribution in [0.5, 0.6) is 0 Å². The molecule has 0 aliphatic rings. The number of hydrogen-bond donors (Lipinski definition) is 4. The number of rotatable bonds is 44. The number of phosphoric ester groups is 1. The van der Waals surface area contributed by atoms with E-state index in [1.165, 1.54) is 89.9 Å². The van der Waals surface area contributed by atoms with Gasteiger partial charge in [0.25, 0.3) is 0 Å². The van der Waals surface area contributed by atoms with E-state index in [2.05, 4.69) is 79.9 Å². The van der Waals surface area contributed by atoms with Gasteiger partial charge < -0.3 is 25.2 Å². The number of carbonyl (C=O) groups excluding carboxylic acids is 2. The molecule has 11 nitrogen and oxygen atoms in total. The summed E-state index contributed by atoms with van der Waals surface area (Å²) in [5, 5.41) is 21.9. The zero-order chi connectivity index (χ0) is 45.6. The number of aliphatic hydroxyl groups is 1. The summed E-state index contributed by atoms with van der Waals surface area (Å²) in [6.45, 7) is 2.49. The van der Waals surface area contributed by atoms with E-state index in [-0.39, 0.29) is 12.8 Å². The van der Waals surface area contributed by atoms with Crippen LogP contribution in [0.3, 0.4) is 0 Å². The average molecular weight is 892 g/mol. The van der Waals surface area contributed by atoms with Crippen molar-refractivity contribution in [1.82, 2.24) is 5.32 Å². The minimum absolute atomic E-state index is 0.136. The number of unbranched alkanes of at least 4 members (excludes halogenated alkanes) is 18. The molecule has 3 unspecified atom stereocenters. The number of carbonyl (C=O) groups is 3. The quantitative estimate of drug-likeness (QED) is 0.0200. The molecule has 0 aliphatic heterocycles.